The third-order valence-corrected chi connectivity index (χ3v) is 2.63. The van der Waals surface area contributed by atoms with Crippen molar-refractivity contribution in [2.45, 2.75) is 45.6 Å². The van der Waals surface area contributed by atoms with E-state index >= 15 is 0 Å². The van der Waals surface area contributed by atoms with Crippen LogP contribution in [-0.2, 0) is 14.3 Å². The van der Waals surface area contributed by atoms with Crippen LogP contribution in [0.1, 0.15) is 39.5 Å². The Bertz CT molecular complexity index is 243. The van der Waals surface area contributed by atoms with Crippen LogP contribution in [0.5, 0.6) is 0 Å². The molecule has 0 bridgehead atoms. The highest BCUT2D eigenvalue weighted by Crippen LogP contribution is 2.07. The third kappa shape index (κ3) is 6.94. The summed E-state index contributed by atoms with van der Waals surface area (Å²) in [6.45, 7) is 5.06. The van der Waals surface area contributed by atoms with Gasteiger partial charge in [0.15, 0.2) is 0 Å². The number of methoxy groups -OCH3 is 1. The maximum atomic E-state index is 11.9. The highest BCUT2D eigenvalue weighted by molar-refractivity contribution is 5.76. The second-order valence-electron chi connectivity index (χ2n) is 4.08. The van der Waals surface area contributed by atoms with Crippen molar-refractivity contribution in [2.24, 2.45) is 0 Å². The SMILES string of the molecule is CCN(C(=O)CCCCC(=O)O)C(C)COC. The molecule has 17 heavy (non-hydrogen) atoms. The molecule has 0 aliphatic carbocycles. The Hall–Kier alpha value is -1.10. The smallest absolute Gasteiger partial charge is 0.303 e. The number of ether oxygens (including phenoxy) is 1. The normalized spacial score (nSPS) is 12.2. The van der Waals surface area contributed by atoms with Gasteiger partial charge < -0.3 is 14.7 Å². The summed E-state index contributed by atoms with van der Waals surface area (Å²) < 4.78 is 5.02. The predicted molar refractivity (Wildman–Crippen MR) is 64.8 cm³/mol. The van der Waals surface area contributed by atoms with Gasteiger partial charge in [0.2, 0.25) is 5.91 Å². The number of carbonyl (C=O) groups excluding carboxylic acids is 1. The first-order valence-electron chi connectivity index (χ1n) is 6.03. The third-order valence-electron chi connectivity index (χ3n) is 2.63. The summed E-state index contributed by atoms with van der Waals surface area (Å²) in [5.74, 6) is -0.736. The number of aliphatic carboxylic acids is 1. The maximum Gasteiger partial charge on any atom is 0.303 e. The van der Waals surface area contributed by atoms with Gasteiger partial charge >= 0.3 is 5.97 Å². The van der Waals surface area contributed by atoms with Crippen molar-refractivity contribution in [3.63, 3.8) is 0 Å². The molecule has 5 heteroatoms. The maximum absolute atomic E-state index is 11.9. The first kappa shape index (κ1) is 15.9. The quantitative estimate of drug-likeness (QED) is 0.625. The molecule has 0 radical (unpaired) electrons. The summed E-state index contributed by atoms with van der Waals surface area (Å²) in [4.78, 5) is 23.9. The van der Waals surface area contributed by atoms with E-state index in [1.165, 1.54) is 0 Å². The van der Waals surface area contributed by atoms with Crippen LogP contribution in [0.4, 0.5) is 0 Å². The average molecular weight is 245 g/mol. The van der Waals surface area contributed by atoms with E-state index in [0.717, 1.165) is 0 Å². The first-order valence-corrected chi connectivity index (χ1v) is 6.03. The van der Waals surface area contributed by atoms with E-state index in [4.69, 9.17) is 9.84 Å². The average Bonchev–Trinajstić information content (AvgIpc) is 2.25. The molecular formula is C12H23NO4. The van der Waals surface area contributed by atoms with Crippen LogP contribution in [-0.4, -0.2) is 48.2 Å². The molecule has 1 unspecified atom stereocenters. The molecule has 0 rings (SSSR count). The van der Waals surface area contributed by atoms with Crippen molar-refractivity contribution in [1.29, 1.82) is 0 Å². The summed E-state index contributed by atoms with van der Waals surface area (Å²) in [6.07, 6.45) is 1.72. The van der Waals surface area contributed by atoms with Crippen molar-refractivity contribution in [1.82, 2.24) is 4.90 Å². The summed E-state index contributed by atoms with van der Waals surface area (Å²) in [5.41, 5.74) is 0. The molecule has 1 atom stereocenters. The largest absolute Gasteiger partial charge is 0.481 e. The molecule has 0 aromatic rings. The fourth-order valence-electron chi connectivity index (χ4n) is 1.76. The lowest BCUT2D eigenvalue weighted by molar-refractivity contribution is -0.138. The predicted octanol–water partition coefficient (Wildman–Crippen LogP) is 1.51. The fourth-order valence-corrected chi connectivity index (χ4v) is 1.76. The lowest BCUT2D eigenvalue weighted by Crippen LogP contribution is -2.40. The second kappa shape index (κ2) is 8.98. The van der Waals surface area contributed by atoms with Crippen LogP contribution in [0.2, 0.25) is 0 Å². The summed E-state index contributed by atoms with van der Waals surface area (Å²) in [6, 6.07) is 0.0666. The Morgan fingerprint density at radius 3 is 2.35 bits per heavy atom. The minimum absolute atomic E-state index is 0.0666. The standard InChI is InChI=1S/C12H23NO4/c1-4-13(10(2)9-17-3)11(14)7-5-6-8-12(15)16/h10H,4-9H2,1-3H3,(H,15,16). The van der Waals surface area contributed by atoms with Crippen LogP contribution in [0.3, 0.4) is 0 Å². The molecule has 1 N–H and O–H groups in total. The molecule has 0 aromatic heterocycles. The zero-order valence-electron chi connectivity index (χ0n) is 10.9. The molecule has 0 aliphatic heterocycles. The molecule has 0 fully saturated rings. The topological polar surface area (TPSA) is 66.8 Å². The number of amides is 1. The molecule has 100 valence electrons. The number of rotatable bonds is 9. The van der Waals surface area contributed by atoms with Crippen molar-refractivity contribution in [2.75, 3.05) is 20.3 Å². The van der Waals surface area contributed by atoms with E-state index in [-0.39, 0.29) is 18.4 Å². The summed E-state index contributed by atoms with van der Waals surface area (Å²) >= 11 is 0. The van der Waals surface area contributed by atoms with Gasteiger partial charge in [-0.3, -0.25) is 9.59 Å². The number of nitrogens with zero attached hydrogens (tertiary/aromatic N) is 1. The fraction of sp³-hybridized carbons (Fsp3) is 0.833. The zero-order valence-corrected chi connectivity index (χ0v) is 10.9. The molecule has 0 heterocycles. The molecule has 5 nitrogen and oxygen atoms in total. The first-order chi connectivity index (χ1) is 8.02. The Balaban J connectivity index is 3.95. The number of carbonyl (C=O) groups is 2. The van der Waals surface area contributed by atoms with Crippen LogP contribution in [0, 0.1) is 0 Å². The lowest BCUT2D eigenvalue weighted by atomic mass is 10.1. The monoisotopic (exact) mass is 245 g/mol. The van der Waals surface area contributed by atoms with E-state index in [1.807, 2.05) is 13.8 Å². The van der Waals surface area contributed by atoms with E-state index in [2.05, 4.69) is 0 Å². The van der Waals surface area contributed by atoms with Gasteiger partial charge in [-0.1, -0.05) is 0 Å². The molecule has 0 aromatic carbocycles. The van der Waals surface area contributed by atoms with Gasteiger partial charge in [0.05, 0.1) is 12.6 Å². The molecule has 1 amide bonds. The van der Waals surface area contributed by atoms with Crippen LogP contribution >= 0.6 is 0 Å². The number of hydrogen-bond acceptors (Lipinski definition) is 3. The van der Waals surface area contributed by atoms with Crippen molar-refractivity contribution in [3.05, 3.63) is 0 Å². The molecule has 0 aliphatic rings. The van der Waals surface area contributed by atoms with Gasteiger partial charge in [0.1, 0.15) is 0 Å². The Morgan fingerprint density at radius 1 is 1.29 bits per heavy atom. The minimum atomic E-state index is -0.808. The van der Waals surface area contributed by atoms with Crippen LogP contribution in [0.25, 0.3) is 0 Å². The number of carboxylic acids is 1. The van der Waals surface area contributed by atoms with E-state index < -0.39 is 5.97 Å². The minimum Gasteiger partial charge on any atom is -0.481 e. The number of hydrogen-bond donors (Lipinski definition) is 1. The highest BCUT2D eigenvalue weighted by atomic mass is 16.5. The van der Waals surface area contributed by atoms with Gasteiger partial charge in [0.25, 0.3) is 0 Å². The van der Waals surface area contributed by atoms with Gasteiger partial charge in [-0.15, -0.1) is 0 Å². The van der Waals surface area contributed by atoms with Crippen molar-refractivity contribution >= 4 is 11.9 Å². The van der Waals surface area contributed by atoms with Gasteiger partial charge in [-0.05, 0) is 26.7 Å². The Kier molecular flexibility index (Phi) is 8.40. The van der Waals surface area contributed by atoms with E-state index in [0.29, 0.717) is 32.4 Å². The van der Waals surface area contributed by atoms with E-state index in [1.54, 1.807) is 12.0 Å². The number of carboxylic acid groups (broad SMARTS) is 1. The number of likely N-dealkylation sites (N-methyl/N-ethyl adjacent to an activating group) is 1. The van der Waals surface area contributed by atoms with Crippen LogP contribution in [0.15, 0.2) is 0 Å². The van der Waals surface area contributed by atoms with Crippen molar-refractivity contribution < 1.29 is 19.4 Å². The van der Waals surface area contributed by atoms with Crippen LogP contribution < -0.4 is 0 Å². The lowest BCUT2D eigenvalue weighted by Gasteiger charge is -2.27. The van der Waals surface area contributed by atoms with Gasteiger partial charge in [-0.2, -0.15) is 0 Å². The molecule has 0 spiro atoms. The highest BCUT2D eigenvalue weighted by Gasteiger charge is 2.17. The van der Waals surface area contributed by atoms with E-state index in [9.17, 15) is 9.59 Å². The Labute approximate surface area is 103 Å². The summed E-state index contributed by atoms with van der Waals surface area (Å²) in [7, 11) is 1.61. The van der Waals surface area contributed by atoms with Gasteiger partial charge in [-0.25, -0.2) is 0 Å². The molecule has 0 saturated heterocycles. The molecule has 0 saturated carbocycles. The van der Waals surface area contributed by atoms with Gasteiger partial charge in [0, 0.05) is 26.5 Å². The van der Waals surface area contributed by atoms with Crippen molar-refractivity contribution in [3.8, 4) is 0 Å². The number of unbranched alkanes of at least 4 members (excludes halogenated alkanes) is 1. The second-order valence-corrected chi connectivity index (χ2v) is 4.08. The zero-order chi connectivity index (χ0) is 13.3. The Morgan fingerprint density at radius 2 is 1.88 bits per heavy atom. The summed E-state index contributed by atoms with van der Waals surface area (Å²) in [5, 5.41) is 8.48. The molecular weight excluding hydrogens is 222 g/mol.